The van der Waals surface area contributed by atoms with Crippen LogP contribution in [0.3, 0.4) is 0 Å². The summed E-state index contributed by atoms with van der Waals surface area (Å²) in [5.41, 5.74) is 10.8. The smallest absolute Gasteiger partial charge is 0.263 e. The first-order valence-electron chi connectivity index (χ1n) is 3.40. The summed E-state index contributed by atoms with van der Waals surface area (Å²) in [4.78, 5) is -0.282. The van der Waals surface area contributed by atoms with Crippen molar-refractivity contribution in [2.45, 2.75) is 4.90 Å². The number of nitrogens with zero attached hydrogens (tertiary/aromatic N) is 1. The molecule has 74 valence electrons. The molecule has 0 bridgehead atoms. The highest BCUT2D eigenvalue weighted by atomic mass is 35.7. The van der Waals surface area contributed by atoms with Gasteiger partial charge in [-0.05, 0) is 12.1 Å². The summed E-state index contributed by atoms with van der Waals surface area (Å²) in [5, 5.41) is 8.57. The Morgan fingerprint density at radius 1 is 1.29 bits per heavy atom. The second kappa shape index (κ2) is 3.36. The summed E-state index contributed by atoms with van der Waals surface area (Å²) >= 11 is 0. The summed E-state index contributed by atoms with van der Waals surface area (Å²) in [5.74, 6) is 0. The third-order valence-corrected chi connectivity index (χ3v) is 2.94. The third kappa shape index (κ3) is 1.89. The van der Waals surface area contributed by atoms with E-state index < -0.39 is 9.05 Å². The zero-order valence-electron chi connectivity index (χ0n) is 6.86. The fourth-order valence-electron chi connectivity index (χ4n) is 0.920. The van der Waals surface area contributed by atoms with Crippen LogP contribution in [0.5, 0.6) is 0 Å². The molecule has 0 fully saturated rings. The minimum absolute atomic E-state index is 0.0286. The maximum atomic E-state index is 11.0. The van der Waals surface area contributed by atoms with Gasteiger partial charge in [0.05, 0.1) is 16.9 Å². The minimum Gasteiger partial charge on any atom is -0.398 e. The molecule has 0 aliphatic carbocycles. The molecule has 0 saturated heterocycles. The van der Waals surface area contributed by atoms with Crippen LogP contribution in [0.15, 0.2) is 17.0 Å². The summed E-state index contributed by atoms with van der Waals surface area (Å²) in [6.07, 6.45) is 0. The molecule has 1 aromatic rings. The van der Waals surface area contributed by atoms with Crippen molar-refractivity contribution in [3.63, 3.8) is 0 Å². The Bertz CT molecular complexity index is 518. The minimum atomic E-state index is -3.92. The highest BCUT2D eigenvalue weighted by Crippen LogP contribution is 2.27. The summed E-state index contributed by atoms with van der Waals surface area (Å²) in [6.45, 7) is 0. The second-order valence-corrected chi connectivity index (χ2v) is 5.06. The number of anilines is 2. The van der Waals surface area contributed by atoms with E-state index in [0.717, 1.165) is 6.07 Å². The van der Waals surface area contributed by atoms with Gasteiger partial charge in [-0.2, -0.15) is 5.26 Å². The topological polar surface area (TPSA) is 110 Å². The standard InChI is InChI=1S/C7H6ClN3O2S/c8-14(12,13)7-2-5(10)4(3-9)1-6(7)11/h1-2H,10-11H2. The van der Waals surface area contributed by atoms with Crippen LogP contribution >= 0.6 is 10.7 Å². The van der Waals surface area contributed by atoms with Gasteiger partial charge in [0.2, 0.25) is 0 Å². The van der Waals surface area contributed by atoms with Gasteiger partial charge in [0.25, 0.3) is 9.05 Å². The quantitative estimate of drug-likeness (QED) is 0.545. The van der Waals surface area contributed by atoms with Crippen molar-refractivity contribution in [2.24, 2.45) is 0 Å². The first kappa shape index (κ1) is 10.6. The van der Waals surface area contributed by atoms with Crippen LogP contribution in [0, 0.1) is 11.3 Å². The van der Waals surface area contributed by atoms with Gasteiger partial charge in [0.15, 0.2) is 0 Å². The molecule has 5 nitrogen and oxygen atoms in total. The van der Waals surface area contributed by atoms with Gasteiger partial charge in [-0.25, -0.2) is 8.42 Å². The molecule has 1 aromatic carbocycles. The van der Waals surface area contributed by atoms with E-state index >= 15 is 0 Å². The fraction of sp³-hybridized carbons (Fsp3) is 0. The Morgan fingerprint density at radius 3 is 2.29 bits per heavy atom. The molecule has 0 saturated carbocycles. The van der Waals surface area contributed by atoms with E-state index in [2.05, 4.69) is 0 Å². The van der Waals surface area contributed by atoms with Crippen molar-refractivity contribution in [1.29, 1.82) is 5.26 Å². The van der Waals surface area contributed by atoms with E-state index in [0.29, 0.717) is 0 Å². The van der Waals surface area contributed by atoms with E-state index in [4.69, 9.17) is 27.4 Å². The van der Waals surface area contributed by atoms with Crippen molar-refractivity contribution in [2.75, 3.05) is 11.5 Å². The molecule has 0 aromatic heterocycles. The van der Waals surface area contributed by atoms with Crippen LogP contribution < -0.4 is 11.5 Å². The zero-order chi connectivity index (χ0) is 10.9. The molecule has 0 aliphatic heterocycles. The number of rotatable bonds is 1. The molecule has 4 N–H and O–H groups in total. The largest absolute Gasteiger partial charge is 0.398 e. The van der Waals surface area contributed by atoms with Gasteiger partial charge in [-0.1, -0.05) is 0 Å². The Morgan fingerprint density at radius 2 is 1.86 bits per heavy atom. The number of hydrogen-bond acceptors (Lipinski definition) is 5. The SMILES string of the molecule is N#Cc1cc(N)c(S(=O)(=O)Cl)cc1N. The predicted octanol–water partition coefficient (Wildman–Crippen LogP) is 0.650. The van der Waals surface area contributed by atoms with Crippen molar-refractivity contribution >= 4 is 31.1 Å². The van der Waals surface area contributed by atoms with Crippen LogP contribution in [0.1, 0.15) is 5.56 Å². The van der Waals surface area contributed by atoms with Gasteiger partial charge < -0.3 is 11.5 Å². The lowest BCUT2D eigenvalue weighted by Crippen LogP contribution is -2.01. The fourth-order valence-corrected chi connectivity index (χ4v) is 1.93. The average Bonchev–Trinajstić information content (AvgIpc) is 2.06. The zero-order valence-corrected chi connectivity index (χ0v) is 8.43. The van der Waals surface area contributed by atoms with E-state index in [1.807, 2.05) is 0 Å². The molecular formula is C7H6ClN3O2S. The normalized spacial score (nSPS) is 10.9. The van der Waals surface area contributed by atoms with E-state index in [9.17, 15) is 8.42 Å². The van der Waals surface area contributed by atoms with Gasteiger partial charge in [-0.3, -0.25) is 0 Å². The van der Waals surface area contributed by atoms with Gasteiger partial charge >= 0.3 is 0 Å². The molecule has 0 aliphatic rings. The first-order chi connectivity index (χ1) is 6.36. The third-order valence-electron chi connectivity index (χ3n) is 1.57. The molecule has 7 heteroatoms. The van der Waals surface area contributed by atoms with Crippen LogP contribution in [0.2, 0.25) is 0 Å². The van der Waals surface area contributed by atoms with Crippen LogP contribution in [0.25, 0.3) is 0 Å². The molecule has 0 heterocycles. The van der Waals surface area contributed by atoms with E-state index in [1.54, 1.807) is 6.07 Å². The highest BCUT2D eigenvalue weighted by molar-refractivity contribution is 8.13. The van der Waals surface area contributed by atoms with E-state index in [1.165, 1.54) is 6.07 Å². The Kier molecular flexibility index (Phi) is 2.55. The summed E-state index contributed by atoms with van der Waals surface area (Å²) in [7, 11) is 1.16. The molecule has 0 unspecified atom stereocenters. The summed E-state index contributed by atoms with van der Waals surface area (Å²) in [6, 6.07) is 4.01. The number of nitrogen functional groups attached to an aromatic ring is 2. The van der Waals surface area contributed by atoms with Gasteiger partial charge in [0.1, 0.15) is 11.0 Å². The van der Waals surface area contributed by atoms with Crippen LogP contribution in [0.4, 0.5) is 11.4 Å². The lowest BCUT2D eigenvalue weighted by Gasteiger charge is -2.04. The maximum Gasteiger partial charge on any atom is 0.263 e. The van der Waals surface area contributed by atoms with Crippen LogP contribution in [-0.4, -0.2) is 8.42 Å². The molecule has 0 amide bonds. The van der Waals surface area contributed by atoms with Crippen molar-refractivity contribution < 1.29 is 8.42 Å². The summed E-state index contributed by atoms with van der Waals surface area (Å²) < 4.78 is 21.9. The van der Waals surface area contributed by atoms with Crippen molar-refractivity contribution in [3.05, 3.63) is 17.7 Å². The van der Waals surface area contributed by atoms with Crippen molar-refractivity contribution in [1.82, 2.24) is 0 Å². The lowest BCUT2D eigenvalue weighted by molar-refractivity contribution is 0.610. The molecule has 14 heavy (non-hydrogen) atoms. The molecular weight excluding hydrogens is 226 g/mol. The lowest BCUT2D eigenvalue weighted by atomic mass is 10.2. The molecule has 0 spiro atoms. The maximum absolute atomic E-state index is 11.0. The number of benzene rings is 1. The van der Waals surface area contributed by atoms with Crippen molar-refractivity contribution in [3.8, 4) is 6.07 Å². The second-order valence-electron chi connectivity index (χ2n) is 2.53. The number of nitrogens with two attached hydrogens (primary N) is 2. The molecule has 1 rings (SSSR count). The van der Waals surface area contributed by atoms with Gasteiger partial charge in [0, 0.05) is 10.7 Å². The average molecular weight is 232 g/mol. The Labute approximate surface area is 85.3 Å². The number of nitriles is 1. The highest BCUT2D eigenvalue weighted by Gasteiger charge is 2.16. The molecule has 0 atom stereocenters. The van der Waals surface area contributed by atoms with Gasteiger partial charge in [-0.15, -0.1) is 0 Å². The van der Waals surface area contributed by atoms with E-state index in [-0.39, 0.29) is 21.8 Å². The predicted molar refractivity (Wildman–Crippen MR) is 53.0 cm³/mol. The number of halogens is 1. The first-order valence-corrected chi connectivity index (χ1v) is 5.71. The van der Waals surface area contributed by atoms with Crippen LogP contribution in [-0.2, 0) is 9.05 Å². The number of hydrogen-bond donors (Lipinski definition) is 2. The monoisotopic (exact) mass is 231 g/mol. The Hall–Kier alpha value is -1.45. The Balaban J connectivity index is 3.54. The molecule has 0 radical (unpaired) electrons.